The van der Waals surface area contributed by atoms with Gasteiger partial charge in [-0.1, -0.05) is 25.1 Å². The number of nitrogen functional groups attached to an aromatic ring is 1. The van der Waals surface area contributed by atoms with Crippen molar-refractivity contribution in [3.05, 3.63) is 60.4 Å². The molecular formula is C28H34N5O9P. The summed E-state index contributed by atoms with van der Waals surface area (Å²) in [6.45, 7) is 5.47. The van der Waals surface area contributed by atoms with Crippen LogP contribution in [0.1, 0.15) is 45.9 Å². The zero-order valence-electron chi connectivity index (χ0n) is 24.1. The lowest BCUT2D eigenvalue weighted by Crippen LogP contribution is -2.49. The zero-order valence-corrected chi connectivity index (χ0v) is 25.0. The molecule has 43 heavy (non-hydrogen) atoms. The molecule has 2 aromatic heterocycles. The van der Waals surface area contributed by atoms with Crippen LogP contribution in [0.4, 0.5) is 5.69 Å². The maximum Gasteiger partial charge on any atom is 0.459 e. The van der Waals surface area contributed by atoms with Gasteiger partial charge in [0, 0.05) is 12.6 Å². The van der Waals surface area contributed by atoms with Crippen molar-refractivity contribution in [1.29, 1.82) is 5.26 Å². The Hall–Kier alpha value is -3.99. The van der Waals surface area contributed by atoms with Gasteiger partial charge >= 0.3 is 19.7 Å². The second kappa shape index (κ2) is 13.1. The first-order chi connectivity index (χ1) is 20.4. The molecule has 1 aliphatic rings. The lowest BCUT2D eigenvalue weighted by molar-refractivity contribution is -0.160. The van der Waals surface area contributed by atoms with Gasteiger partial charge in [0.05, 0.1) is 23.0 Å². The summed E-state index contributed by atoms with van der Waals surface area (Å²) < 4.78 is 43.7. The highest BCUT2D eigenvalue weighted by molar-refractivity contribution is 7.52. The van der Waals surface area contributed by atoms with Gasteiger partial charge in [-0.3, -0.25) is 14.1 Å². The van der Waals surface area contributed by atoms with Gasteiger partial charge < -0.3 is 29.6 Å². The largest absolute Gasteiger partial charge is 0.462 e. The molecule has 230 valence electrons. The summed E-state index contributed by atoms with van der Waals surface area (Å²) in [4.78, 5) is 24.9. The SMILES string of the molecule is CCC(=O)O[C@H]1[C@@H](O)[C@H](c2ccc3c(N)ccnn23)O[C@]1(C#N)CO[P@@](=O)(N[C@@H](C)C(=O)OC(C)C)Oc1ccccc1. The van der Waals surface area contributed by atoms with Gasteiger partial charge in [0.25, 0.3) is 0 Å². The minimum absolute atomic E-state index is 0.0605. The first-order valence-corrected chi connectivity index (χ1v) is 15.1. The number of ether oxygens (including phenoxy) is 3. The van der Waals surface area contributed by atoms with Crippen molar-refractivity contribution in [3.8, 4) is 11.8 Å². The number of aliphatic hydroxyl groups excluding tert-OH is 1. The molecule has 4 rings (SSSR count). The molecule has 14 nitrogen and oxygen atoms in total. The Balaban J connectivity index is 1.68. The van der Waals surface area contributed by atoms with Crippen LogP contribution in [0.15, 0.2) is 54.7 Å². The molecule has 1 fully saturated rings. The van der Waals surface area contributed by atoms with Crippen LogP contribution in [-0.4, -0.2) is 63.2 Å². The number of hydrogen-bond acceptors (Lipinski definition) is 12. The Kier molecular flexibility index (Phi) is 9.74. The topological polar surface area (TPSA) is 197 Å². The molecule has 1 aliphatic heterocycles. The monoisotopic (exact) mass is 615 g/mol. The van der Waals surface area contributed by atoms with E-state index in [1.165, 1.54) is 29.8 Å². The number of carbonyl (C=O) groups is 2. The highest BCUT2D eigenvalue weighted by Gasteiger charge is 2.60. The van der Waals surface area contributed by atoms with Gasteiger partial charge in [0.15, 0.2) is 6.10 Å². The van der Waals surface area contributed by atoms with Crippen LogP contribution in [0.5, 0.6) is 5.75 Å². The minimum atomic E-state index is -4.45. The number of anilines is 1. The molecule has 0 aliphatic carbocycles. The third-order valence-corrected chi connectivity index (χ3v) is 8.16. The van der Waals surface area contributed by atoms with Crippen molar-refractivity contribution in [3.63, 3.8) is 0 Å². The third-order valence-electron chi connectivity index (χ3n) is 6.54. The number of para-hydroxylation sites is 1. The zero-order chi connectivity index (χ0) is 31.4. The normalized spacial score (nSPS) is 23.8. The number of hydrogen-bond donors (Lipinski definition) is 3. The molecule has 0 saturated carbocycles. The van der Waals surface area contributed by atoms with E-state index in [0.717, 1.165) is 0 Å². The molecule has 3 heterocycles. The quantitative estimate of drug-likeness (QED) is 0.199. The summed E-state index contributed by atoms with van der Waals surface area (Å²) in [5, 5.41) is 28.6. The van der Waals surface area contributed by atoms with Crippen LogP contribution in [0.3, 0.4) is 0 Å². The van der Waals surface area contributed by atoms with E-state index in [-0.39, 0.29) is 12.2 Å². The van der Waals surface area contributed by atoms with Crippen molar-refractivity contribution in [2.45, 2.75) is 70.2 Å². The van der Waals surface area contributed by atoms with Crippen LogP contribution in [-0.2, 0) is 32.9 Å². The third kappa shape index (κ3) is 6.98. The van der Waals surface area contributed by atoms with Gasteiger partial charge in [0.1, 0.15) is 36.7 Å². The first-order valence-electron chi connectivity index (χ1n) is 13.6. The van der Waals surface area contributed by atoms with Gasteiger partial charge in [0.2, 0.25) is 5.60 Å². The first kappa shape index (κ1) is 31.9. The number of rotatable bonds is 12. The van der Waals surface area contributed by atoms with Crippen LogP contribution >= 0.6 is 7.75 Å². The standard InChI is InChI=1S/C28H34N5O9P/c1-5-23(34)40-26-24(35)25(22-12-11-21-20(30)13-14-31-33(21)22)41-28(26,15-29)16-38-43(37,42-19-9-7-6-8-10-19)32-18(4)27(36)39-17(2)3/h6-14,17-18,24-26,35H,5,16,30H2,1-4H3,(H,32,37)/t18-,24-,25-,26-,28+,43-/m0/s1. The predicted octanol–water partition coefficient (Wildman–Crippen LogP) is 3.07. The number of fused-ring (bicyclic) bond motifs is 1. The maximum atomic E-state index is 14.1. The van der Waals surface area contributed by atoms with Gasteiger partial charge in [-0.25, -0.2) is 9.08 Å². The second-order valence-electron chi connectivity index (χ2n) is 10.1. The number of nitrogens with zero attached hydrogens (tertiary/aromatic N) is 3. The van der Waals surface area contributed by atoms with Crippen molar-refractivity contribution < 1.29 is 42.5 Å². The van der Waals surface area contributed by atoms with Crippen molar-refractivity contribution in [1.82, 2.24) is 14.7 Å². The average molecular weight is 616 g/mol. The number of aliphatic hydroxyl groups is 1. The summed E-state index contributed by atoms with van der Waals surface area (Å²) in [6, 6.07) is 13.7. The number of nitrogens with two attached hydrogens (primary N) is 1. The van der Waals surface area contributed by atoms with Crippen LogP contribution in [0, 0.1) is 11.3 Å². The van der Waals surface area contributed by atoms with E-state index in [0.29, 0.717) is 16.9 Å². The van der Waals surface area contributed by atoms with E-state index in [9.17, 15) is 24.5 Å². The number of carbonyl (C=O) groups excluding carboxylic acids is 2. The van der Waals surface area contributed by atoms with E-state index in [1.54, 1.807) is 57.2 Å². The van der Waals surface area contributed by atoms with E-state index in [4.69, 9.17) is 29.0 Å². The Morgan fingerprint density at radius 3 is 2.60 bits per heavy atom. The molecule has 15 heteroatoms. The minimum Gasteiger partial charge on any atom is -0.462 e. The summed E-state index contributed by atoms with van der Waals surface area (Å²) in [6.07, 6.45) is -3.43. The molecule has 1 aromatic carbocycles. The Morgan fingerprint density at radius 2 is 1.95 bits per heavy atom. The number of benzene rings is 1. The molecule has 0 unspecified atom stereocenters. The molecule has 0 bridgehead atoms. The van der Waals surface area contributed by atoms with Crippen molar-refractivity contribution >= 4 is 30.9 Å². The fraction of sp³-hybridized carbons (Fsp3) is 0.429. The van der Waals surface area contributed by atoms with Gasteiger partial charge in [-0.15, -0.1) is 0 Å². The molecule has 6 atom stereocenters. The fourth-order valence-corrected chi connectivity index (χ4v) is 5.97. The average Bonchev–Trinajstić information content (AvgIpc) is 3.52. The molecule has 3 aromatic rings. The van der Waals surface area contributed by atoms with Gasteiger partial charge in [-0.05, 0) is 51.1 Å². The molecule has 0 spiro atoms. The highest BCUT2D eigenvalue weighted by Crippen LogP contribution is 2.49. The predicted molar refractivity (Wildman–Crippen MR) is 152 cm³/mol. The van der Waals surface area contributed by atoms with Crippen molar-refractivity contribution in [2.24, 2.45) is 0 Å². The Labute approximate surface area is 248 Å². The fourth-order valence-electron chi connectivity index (χ4n) is 4.45. The van der Waals surface area contributed by atoms with Crippen molar-refractivity contribution in [2.75, 3.05) is 12.3 Å². The summed E-state index contributed by atoms with van der Waals surface area (Å²) in [5.41, 5.74) is 5.13. The maximum absolute atomic E-state index is 14.1. The van der Waals surface area contributed by atoms with Crippen LogP contribution in [0.25, 0.3) is 5.52 Å². The van der Waals surface area contributed by atoms with Crippen LogP contribution in [0.2, 0.25) is 0 Å². The number of nitrogens with one attached hydrogen (secondary N) is 1. The van der Waals surface area contributed by atoms with Crippen LogP contribution < -0.4 is 15.3 Å². The number of esters is 2. The van der Waals surface area contributed by atoms with E-state index in [1.807, 2.05) is 6.07 Å². The van der Waals surface area contributed by atoms with E-state index >= 15 is 0 Å². The molecule has 1 saturated heterocycles. The highest BCUT2D eigenvalue weighted by atomic mass is 31.2. The summed E-state index contributed by atoms with van der Waals surface area (Å²) >= 11 is 0. The lowest BCUT2D eigenvalue weighted by atomic mass is 9.96. The van der Waals surface area contributed by atoms with E-state index in [2.05, 4.69) is 10.2 Å². The molecular weight excluding hydrogens is 581 g/mol. The van der Waals surface area contributed by atoms with E-state index < -0.39 is 62.4 Å². The van der Waals surface area contributed by atoms with Gasteiger partial charge in [-0.2, -0.15) is 15.4 Å². The molecule has 0 amide bonds. The lowest BCUT2D eigenvalue weighted by Gasteiger charge is -2.30. The number of nitriles is 1. The summed E-state index contributed by atoms with van der Waals surface area (Å²) in [7, 11) is -4.45. The summed E-state index contributed by atoms with van der Waals surface area (Å²) in [5.74, 6) is -1.31. The smallest absolute Gasteiger partial charge is 0.459 e. The second-order valence-corrected chi connectivity index (χ2v) is 11.8. The Morgan fingerprint density at radius 1 is 1.23 bits per heavy atom. The molecule has 0 radical (unpaired) electrons. The number of aromatic nitrogens is 2. The Bertz CT molecular complexity index is 1540. The molecule has 4 N–H and O–H groups in total.